The molecule has 8 heteroatoms. The molecule has 0 spiro atoms. The van der Waals surface area contributed by atoms with E-state index in [1.807, 2.05) is 86.6 Å². The lowest BCUT2D eigenvalue weighted by molar-refractivity contribution is -0.142. The van der Waals surface area contributed by atoms with E-state index in [9.17, 15) is 19.5 Å². The molecular weight excluding hydrogens is 542 g/mol. The van der Waals surface area contributed by atoms with Gasteiger partial charge in [0.2, 0.25) is 5.91 Å². The topological polar surface area (TPSA) is 108 Å². The van der Waals surface area contributed by atoms with E-state index in [1.54, 1.807) is 32.9 Å². The van der Waals surface area contributed by atoms with Gasteiger partial charge in [0.1, 0.15) is 23.4 Å². The predicted octanol–water partition coefficient (Wildman–Crippen LogP) is 6.60. The first kappa shape index (κ1) is 31.1. The molecule has 0 aromatic heterocycles. The van der Waals surface area contributed by atoms with E-state index in [4.69, 9.17) is 4.74 Å². The molecule has 3 amide bonds. The first-order valence-electron chi connectivity index (χ1n) is 14.4. The number of phenols is 1. The zero-order valence-corrected chi connectivity index (χ0v) is 25.2. The molecule has 4 rings (SSSR count). The fraction of sp³-hybridized carbons (Fsp3) is 0.286. The Morgan fingerprint density at radius 1 is 0.837 bits per heavy atom. The Bertz CT molecular complexity index is 1580. The smallest absolute Gasteiger partial charge is 0.408 e. The monoisotopic (exact) mass is 581 g/mol. The number of rotatable bonds is 9. The number of hydrogen-bond donors (Lipinski definition) is 3. The average molecular weight is 582 g/mol. The van der Waals surface area contributed by atoms with Crippen molar-refractivity contribution in [3.05, 3.63) is 108 Å². The summed E-state index contributed by atoms with van der Waals surface area (Å²) in [4.78, 5) is 42.9. The van der Waals surface area contributed by atoms with Crippen LogP contribution in [-0.4, -0.2) is 45.6 Å². The number of ether oxygens (including phenoxy) is 1. The summed E-state index contributed by atoms with van der Waals surface area (Å²) in [7, 11) is 0. The first-order valence-corrected chi connectivity index (χ1v) is 14.4. The minimum atomic E-state index is -1.12. The van der Waals surface area contributed by atoms with Gasteiger partial charge in [-0.3, -0.25) is 9.59 Å². The molecular formula is C35H39N3O5. The number of nitrogens with one attached hydrogen (secondary N) is 2. The van der Waals surface area contributed by atoms with Crippen LogP contribution in [0.4, 0.5) is 10.5 Å². The summed E-state index contributed by atoms with van der Waals surface area (Å²) in [5, 5.41) is 18.0. The van der Waals surface area contributed by atoms with Crippen molar-refractivity contribution >= 4 is 34.4 Å². The Kier molecular flexibility index (Phi) is 9.70. The number of alkyl carbamates (subject to hydrolysis) is 1. The number of carbonyl (C=O) groups is 3. The van der Waals surface area contributed by atoms with Gasteiger partial charge in [-0.05, 0) is 80.8 Å². The van der Waals surface area contributed by atoms with Crippen molar-refractivity contribution in [2.24, 2.45) is 0 Å². The molecule has 2 atom stereocenters. The maximum Gasteiger partial charge on any atom is 0.408 e. The normalized spacial score (nSPS) is 12.8. The van der Waals surface area contributed by atoms with Gasteiger partial charge in [0.05, 0.1) is 0 Å². The quantitative estimate of drug-likeness (QED) is 0.206. The third kappa shape index (κ3) is 8.35. The van der Waals surface area contributed by atoms with Gasteiger partial charge in [-0.25, -0.2) is 4.79 Å². The third-order valence-electron chi connectivity index (χ3n) is 6.81. The number of anilines is 1. The van der Waals surface area contributed by atoms with Gasteiger partial charge < -0.3 is 25.4 Å². The van der Waals surface area contributed by atoms with Crippen molar-refractivity contribution in [3.63, 3.8) is 0 Å². The SMILES string of the molecule is CC(C)N(C(=O)C(Cc1ccccc1)NC(=O)OC(C)(C)C)C(C(=O)Nc1ccc2ccccc2c1)c1cccc(O)c1. The van der Waals surface area contributed by atoms with E-state index in [0.29, 0.717) is 11.3 Å². The Morgan fingerprint density at radius 3 is 2.16 bits per heavy atom. The summed E-state index contributed by atoms with van der Waals surface area (Å²) in [6, 6.07) is 26.4. The van der Waals surface area contributed by atoms with Crippen LogP contribution in [0, 0.1) is 0 Å². The van der Waals surface area contributed by atoms with Gasteiger partial charge in [0, 0.05) is 18.2 Å². The molecule has 43 heavy (non-hydrogen) atoms. The largest absolute Gasteiger partial charge is 0.508 e. The molecule has 3 N–H and O–H groups in total. The third-order valence-corrected chi connectivity index (χ3v) is 6.81. The highest BCUT2D eigenvalue weighted by molar-refractivity contribution is 6.00. The standard InChI is InChI=1S/C35H39N3O5/c1-23(2)38(33(41)30(20-24-12-7-6-8-13-24)37-34(42)43-35(3,4)5)31(27-16-11-17-29(39)22-27)32(40)36-28-19-18-25-14-9-10-15-26(25)21-28/h6-19,21-23,30-31,39H,20H2,1-5H3,(H,36,40)(H,37,42). The number of fused-ring (bicyclic) bond motifs is 1. The van der Waals surface area contributed by atoms with Crippen LogP contribution in [0.3, 0.4) is 0 Å². The van der Waals surface area contributed by atoms with E-state index in [0.717, 1.165) is 16.3 Å². The second-order valence-electron chi connectivity index (χ2n) is 11.8. The van der Waals surface area contributed by atoms with Gasteiger partial charge in [-0.1, -0.05) is 72.8 Å². The number of amides is 3. The summed E-state index contributed by atoms with van der Waals surface area (Å²) < 4.78 is 5.49. The van der Waals surface area contributed by atoms with Gasteiger partial charge >= 0.3 is 6.09 Å². The van der Waals surface area contributed by atoms with Crippen molar-refractivity contribution in [1.82, 2.24) is 10.2 Å². The molecule has 4 aromatic carbocycles. The van der Waals surface area contributed by atoms with Crippen molar-refractivity contribution in [2.75, 3.05) is 5.32 Å². The van der Waals surface area contributed by atoms with Crippen LogP contribution in [0.15, 0.2) is 97.1 Å². The summed E-state index contributed by atoms with van der Waals surface area (Å²) in [5.41, 5.74) is 1.05. The predicted molar refractivity (Wildman–Crippen MR) is 169 cm³/mol. The molecule has 0 heterocycles. The molecule has 224 valence electrons. The minimum absolute atomic E-state index is 0.0372. The average Bonchev–Trinajstić information content (AvgIpc) is 2.94. The van der Waals surface area contributed by atoms with Crippen LogP contribution in [-0.2, 0) is 20.7 Å². The number of nitrogens with zero attached hydrogens (tertiary/aromatic N) is 1. The van der Waals surface area contributed by atoms with Crippen LogP contribution in [0.5, 0.6) is 5.75 Å². The van der Waals surface area contributed by atoms with Crippen molar-refractivity contribution in [3.8, 4) is 5.75 Å². The molecule has 0 saturated heterocycles. The highest BCUT2D eigenvalue weighted by Gasteiger charge is 2.38. The van der Waals surface area contributed by atoms with Crippen LogP contribution in [0.1, 0.15) is 51.8 Å². The molecule has 0 aliphatic rings. The Labute approximate surface area is 252 Å². The van der Waals surface area contributed by atoms with Crippen molar-refractivity contribution in [1.29, 1.82) is 0 Å². The second kappa shape index (κ2) is 13.4. The molecule has 0 bridgehead atoms. The lowest BCUT2D eigenvalue weighted by Crippen LogP contribution is -2.55. The molecule has 4 aromatic rings. The maximum atomic E-state index is 14.4. The molecule has 0 aliphatic carbocycles. The maximum absolute atomic E-state index is 14.4. The Morgan fingerprint density at radius 2 is 1.51 bits per heavy atom. The zero-order valence-electron chi connectivity index (χ0n) is 25.2. The number of hydrogen-bond acceptors (Lipinski definition) is 5. The summed E-state index contributed by atoms with van der Waals surface area (Å²) in [6.07, 6.45) is -0.554. The van der Waals surface area contributed by atoms with Gasteiger partial charge in [-0.15, -0.1) is 0 Å². The summed E-state index contributed by atoms with van der Waals surface area (Å²) >= 11 is 0. The number of aromatic hydroxyl groups is 1. The van der Waals surface area contributed by atoms with Gasteiger partial charge in [-0.2, -0.15) is 0 Å². The van der Waals surface area contributed by atoms with E-state index in [2.05, 4.69) is 10.6 Å². The fourth-order valence-corrected chi connectivity index (χ4v) is 4.97. The zero-order chi connectivity index (χ0) is 31.1. The summed E-state index contributed by atoms with van der Waals surface area (Å²) in [6.45, 7) is 8.86. The molecule has 0 saturated carbocycles. The van der Waals surface area contributed by atoms with Crippen LogP contribution < -0.4 is 10.6 Å². The highest BCUT2D eigenvalue weighted by atomic mass is 16.6. The van der Waals surface area contributed by atoms with E-state index in [-0.39, 0.29) is 12.2 Å². The van der Waals surface area contributed by atoms with Crippen LogP contribution in [0.2, 0.25) is 0 Å². The van der Waals surface area contributed by atoms with E-state index in [1.165, 1.54) is 17.0 Å². The first-order chi connectivity index (χ1) is 20.4. The van der Waals surface area contributed by atoms with E-state index < -0.39 is 41.6 Å². The summed E-state index contributed by atoms with van der Waals surface area (Å²) in [5.74, 6) is -0.963. The van der Waals surface area contributed by atoms with Crippen LogP contribution in [0.25, 0.3) is 10.8 Å². The highest BCUT2D eigenvalue weighted by Crippen LogP contribution is 2.29. The number of benzene rings is 4. The lowest BCUT2D eigenvalue weighted by atomic mass is 9.98. The van der Waals surface area contributed by atoms with Crippen LogP contribution >= 0.6 is 0 Å². The lowest BCUT2D eigenvalue weighted by Gasteiger charge is -2.37. The van der Waals surface area contributed by atoms with Gasteiger partial charge in [0.25, 0.3) is 5.91 Å². The Balaban J connectivity index is 1.73. The molecule has 8 nitrogen and oxygen atoms in total. The molecule has 0 radical (unpaired) electrons. The fourth-order valence-electron chi connectivity index (χ4n) is 4.97. The molecule has 2 unspecified atom stereocenters. The van der Waals surface area contributed by atoms with Gasteiger partial charge in [0.15, 0.2) is 0 Å². The minimum Gasteiger partial charge on any atom is -0.508 e. The number of carbonyl (C=O) groups excluding carboxylic acids is 3. The van der Waals surface area contributed by atoms with E-state index >= 15 is 0 Å². The molecule has 0 aliphatic heterocycles. The Hall–Kier alpha value is -4.85. The number of phenolic OH excluding ortho intramolecular Hbond substituents is 1. The second-order valence-corrected chi connectivity index (χ2v) is 11.8. The van der Waals surface area contributed by atoms with Crippen molar-refractivity contribution in [2.45, 2.75) is 64.8 Å². The molecule has 0 fully saturated rings. The van der Waals surface area contributed by atoms with Crippen molar-refractivity contribution < 1.29 is 24.2 Å².